The first-order valence-electron chi connectivity index (χ1n) is 10.2. The number of benzene rings is 3. The molecule has 0 unspecified atom stereocenters. The number of esters is 1. The second-order valence-corrected chi connectivity index (χ2v) is 7.38. The monoisotopic (exact) mass is 429 g/mol. The highest BCUT2D eigenvalue weighted by molar-refractivity contribution is 5.92. The summed E-state index contributed by atoms with van der Waals surface area (Å²) >= 11 is 0. The van der Waals surface area contributed by atoms with Crippen LogP contribution in [-0.4, -0.2) is 37.4 Å². The van der Waals surface area contributed by atoms with E-state index >= 15 is 0 Å². The van der Waals surface area contributed by atoms with Crippen LogP contribution in [0.3, 0.4) is 0 Å². The van der Waals surface area contributed by atoms with Crippen molar-refractivity contribution in [3.8, 4) is 16.9 Å². The molecule has 0 spiro atoms. The Morgan fingerprint density at radius 1 is 1.00 bits per heavy atom. The number of ether oxygens (including phenoxy) is 2. The molecule has 162 valence electrons. The van der Waals surface area contributed by atoms with Gasteiger partial charge in [0, 0.05) is 12.5 Å². The highest BCUT2D eigenvalue weighted by atomic mass is 16.5. The Kier molecular flexibility index (Phi) is 6.22. The van der Waals surface area contributed by atoms with Crippen LogP contribution in [0.15, 0.2) is 72.8 Å². The summed E-state index contributed by atoms with van der Waals surface area (Å²) in [6.45, 7) is 0.516. The Hall–Kier alpha value is -4.06. The van der Waals surface area contributed by atoms with Crippen LogP contribution >= 0.6 is 0 Å². The largest absolute Gasteiger partial charge is 0.507 e. The van der Waals surface area contributed by atoms with Crippen molar-refractivity contribution in [3.63, 3.8) is 0 Å². The molecular weight excluding hydrogens is 406 g/mol. The van der Waals surface area contributed by atoms with Crippen molar-refractivity contribution in [3.05, 3.63) is 95.1 Å². The normalized spacial score (nSPS) is 12.3. The first-order chi connectivity index (χ1) is 15.6. The van der Waals surface area contributed by atoms with E-state index in [-0.39, 0.29) is 30.4 Å². The number of aromatic hydroxyl groups is 1. The molecule has 1 aliphatic carbocycles. The second kappa shape index (κ2) is 9.39. The molecule has 1 amide bonds. The van der Waals surface area contributed by atoms with E-state index < -0.39 is 12.1 Å². The average molecular weight is 429 g/mol. The van der Waals surface area contributed by atoms with Gasteiger partial charge in [-0.25, -0.2) is 9.59 Å². The van der Waals surface area contributed by atoms with E-state index in [1.807, 2.05) is 24.3 Å². The molecular formula is C26H23NO5. The molecule has 0 bridgehead atoms. The minimum absolute atomic E-state index is 0.0139. The molecule has 0 fully saturated rings. The van der Waals surface area contributed by atoms with Gasteiger partial charge in [0.05, 0.1) is 7.11 Å². The van der Waals surface area contributed by atoms with Gasteiger partial charge in [-0.2, -0.15) is 0 Å². The Bertz CT molecular complexity index is 1140. The maximum absolute atomic E-state index is 12.2. The minimum Gasteiger partial charge on any atom is -0.507 e. The second-order valence-electron chi connectivity index (χ2n) is 7.38. The van der Waals surface area contributed by atoms with E-state index in [0.29, 0.717) is 5.56 Å². The van der Waals surface area contributed by atoms with E-state index in [2.05, 4.69) is 34.3 Å². The van der Waals surface area contributed by atoms with Crippen molar-refractivity contribution >= 4 is 18.1 Å². The van der Waals surface area contributed by atoms with Crippen LogP contribution in [0.2, 0.25) is 0 Å². The van der Waals surface area contributed by atoms with Gasteiger partial charge in [0.25, 0.3) is 0 Å². The van der Waals surface area contributed by atoms with Crippen LogP contribution in [0.25, 0.3) is 17.2 Å². The summed E-state index contributed by atoms with van der Waals surface area (Å²) in [5.74, 6) is -0.751. The van der Waals surface area contributed by atoms with Gasteiger partial charge in [0.2, 0.25) is 0 Å². The fourth-order valence-electron chi connectivity index (χ4n) is 3.92. The van der Waals surface area contributed by atoms with Gasteiger partial charge in [-0.15, -0.1) is 0 Å². The van der Waals surface area contributed by atoms with Crippen molar-refractivity contribution in [2.75, 3.05) is 20.3 Å². The first-order valence-corrected chi connectivity index (χ1v) is 10.2. The zero-order chi connectivity index (χ0) is 22.5. The molecule has 0 heterocycles. The SMILES string of the molecule is COC(=O)c1ccc(C=CCNC(=O)OCC2c3ccccc3-c3ccccc32)cc1O. The average Bonchev–Trinajstić information content (AvgIpc) is 3.14. The lowest BCUT2D eigenvalue weighted by Gasteiger charge is -2.14. The summed E-state index contributed by atoms with van der Waals surface area (Å²) < 4.78 is 10.1. The molecule has 0 aliphatic heterocycles. The van der Waals surface area contributed by atoms with Crippen LogP contribution in [0.4, 0.5) is 4.79 Å². The molecule has 0 saturated carbocycles. The Morgan fingerprint density at radius 2 is 1.66 bits per heavy atom. The van der Waals surface area contributed by atoms with E-state index in [1.54, 1.807) is 18.2 Å². The van der Waals surface area contributed by atoms with Gasteiger partial charge in [-0.3, -0.25) is 0 Å². The predicted octanol–water partition coefficient (Wildman–Crippen LogP) is 4.73. The van der Waals surface area contributed by atoms with Gasteiger partial charge in [0.15, 0.2) is 0 Å². The number of amides is 1. The number of hydrogen-bond donors (Lipinski definition) is 2. The lowest BCUT2D eigenvalue weighted by atomic mass is 9.98. The van der Waals surface area contributed by atoms with Crippen LogP contribution in [0.5, 0.6) is 5.75 Å². The molecule has 6 nitrogen and oxygen atoms in total. The molecule has 0 saturated heterocycles. The third-order valence-electron chi connectivity index (χ3n) is 5.45. The summed E-state index contributed by atoms with van der Waals surface area (Å²) in [7, 11) is 1.25. The lowest BCUT2D eigenvalue weighted by Crippen LogP contribution is -2.26. The third-order valence-corrected chi connectivity index (χ3v) is 5.45. The summed E-state index contributed by atoms with van der Waals surface area (Å²) in [4.78, 5) is 23.7. The van der Waals surface area contributed by atoms with Gasteiger partial charge in [-0.05, 0) is 39.9 Å². The predicted molar refractivity (Wildman–Crippen MR) is 122 cm³/mol. The third kappa shape index (κ3) is 4.34. The standard InChI is InChI=1S/C26H23NO5/c1-31-25(29)22-13-12-17(15-24(22)28)7-6-14-27-26(30)32-16-23-20-10-4-2-8-18(20)19-9-3-5-11-21(19)23/h2-13,15,23,28H,14,16H2,1H3,(H,27,30). The maximum atomic E-state index is 12.2. The molecule has 3 aromatic rings. The van der Waals surface area contributed by atoms with E-state index in [0.717, 1.165) is 11.1 Å². The van der Waals surface area contributed by atoms with E-state index in [9.17, 15) is 14.7 Å². The molecule has 2 N–H and O–H groups in total. The van der Waals surface area contributed by atoms with Crippen LogP contribution < -0.4 is 5.32 Å². The quantitative estimate of drug-likeness (QED) is 0.554. The number of hydrogen-bond acceptors (Lipinski definition) is 5. The van der Waals surface area contributed by atoms with Crippen LogP contribution in [-0.2, 0) is 9.47 Å². The number of nitrogens with one attached hydrogen (secondary N) is 1. The smallest absolute Gasteiger partial charge is 0.407 e. The van der Waals surface area contributed by atoms with Gasteiger partial charge in [0.1, 0.15) is 17.9 Å². The molecule has 0 atom stereocenters. The number of methoxy groups -OCH3 is 1. The molecule has 32 heavy (non-hydrogen) atoms. The number of phenolic OH excluding ortho intramolecular Hbond substituents is 1. The number of fused-ring (bicyclic) bond motifs is 3. The zero-order valence-electron chi connectivity index (χ0n) is 17.6. The molecule has 6 heteroatoms. The number of rotatable bonds is 6. The molecule has 1 aliphatic rings. The Balaban J connectivity index is 1.31. The summed E-state index contributed by atoms with van der Waals surface area (Å²) in [6.07, 6.45) is 2.96. The lowest BCUT2D eigenvalue weighted by molar-refractivity contribution is 0.0597. The molecule has 0 radical (unpaired) electrons. The fourth-order valence-corrected chi connectivity index (χ4v) is 3.92. The fraction of sp³-hybridized carbons (Fsp3) is 0.154. The van der Waals surface area contributed by atoms with E-state index in [1.165, 1.54) is 30.4 Å². The summed E-state index contributed by atoms with van der Waals surface area (Å²) in [6, 6.07) is 21.0. The highest BCUT2D eigenvalue weighted by Gasteiger charge is 2.28. The van der Waals surface area contributed by atoms with E-state index in [4.69, 9.17) is 4.74 Å². The number of alkyl carbamates (subject to hydrolysis) is 1. The van der Waals surface area contributed by atoms with Crippen molar-refractivity contribution in [1.29, 1.82) is 0 Å². The summed E-state index contributed by atoms with van der Waals surface area (Å²) in [5.41, 5.74) is 5.47. The first kappa shape index (κ1) is 21.2. The summed E-state index contributed by atoms with van der Waals surface area (Å²) in [5, 5.41) is 12.6. The maximum Gasteiger partial charge on any atom is 0.407 e. The number of carbonyl (C=O) groups is 2. The zero-order valence-corrected chi connectivity index (χ0v) is 17.6. The van der Waals surface area contributed by atoms with Crippen LogP contribution in [0.1, 0.15) is 33.0 Å². The Labute approximate surface area is 186 Å². The van der Waals surface area contributed by atoms with Crippen molar-refractivity contribution < 1.29 is 24.2 Å². The van der Waals surface area contributed by atoms with Gasteiger partial charge < -0.3 is 19.9 Å². The molecule has 4 rings (SSSR count). The topological polar surface area (TPSA) is 84.9 Å². The highest BCUT2D eigenvalue weighted by Crippen LogP contribution is 2.44. The van der Waals surface area contributed by atoms with Gasteiger partial charge >= 0.3 is 12.1 Å². The van der Waals surface area contributed by atoms with Crippen molar-refractivity contribution in [2.24, 2.45) is 0 Å². The minimum atomic E-state index is -0.602. The van der Waals surface area contributed by atoms with Crippen LogP contribution in [0, 0.1) is 0 Å². The Morgan fingerprint density at radius 3 is 2.28 bits per heavy atom. The van der Waals surface area contributed by atoms with Gasteiger partial charge in [-0.1, -0.05) is 66.7 Å². The molecule has 3 aromatic carbocycles. The number of phenols is 1. The van der Waals surface area contributed by atoms with Crippen molar-refractivity contribution in [1.82, 2.24) is 5.32 Å². The van der Waals surface area contributed by atoms with Crippen molar-refractivity contribution in [2.45, 2.75) is 5.92 Å². The molecule has 0 aromatic heterocycles. The number of carbonyl (C=O) groups excluding carboxylic acids is 2.